The summed E-state index contributed by atoms with van der Waals surface area (Å²) in [4.78, 5) is 18.5. The van der Waals surface area contributed by atoms with E-state index in [1.54, 1.807) is 17.4 Å². The van der Waals surface area contributed by atoms with Gasteiger partial charge in [0.25, 0.3) is 0 Å². The molecule has 1 amide bonds. The van der Waals surface area contributed by atoms with Gasteiger partial charge in [-0.05, 0) is 31.1 Å². The van der Waals surface area contributed by atoms with E-state index in [2.05, 4.69) is 18.8 Å². The van der Waals surface area contributed by atoms with Gasteiger partial charge in [-0.3, -0.25) is 4.79 Å². The molecule has 0 spiro atoms. The zero-order valence-electron chi connectivity index (χ0n) is 12.0. The largest absolute Gasteiger partial charge is 0.339 e. The number of rotatable bonds is 6. The normalized spacial score (nSPS) is 11.3. The minimum atomic E-state index is 0.0768. The van der Waals surface area contributed by atoms with Gasteiger partial charge in [-0.2, -0.15) is 0 Å². The van der Waals surface area contributed by atoms with Crippen molar-refractivity contribution in [3.8, 4) is 0 Å². The molecule has 0 aliphatic rings. The van der Waals surface area contributed by atoms with E-state index >= 15 is 0 Å². The van der Waals surface area contributed by atoms with Crippen LogP contribution >= 0.6 is 11.3 Å². The first-order valence-corrected chi connectivity index (χ1v) is 7.88. The average Bonchev–Trinajstić information content (AvgIpc) is 2.87. The molecule has 3 nitrogen and oxygen atoms in total. The van der Waals surface area contributed by atoms with Crippen LogP contribution in [0.5, 0.6) is 0 Å². The monoisotopic (exact) mass is 288 g/mol. The zero-order chi connectivity index (χ0) is 14.4. The summed E-state index contributed by atoms with van der Waals surface area (Å²) in [6, 6.07) is 8.02. The van der Waals surface area contributed by atoms with Crippen LogP contribution in [0.1, 0.15) is 31.7 Å². The van der Waals surface area contributed by atoms with Crippen LogP contribution in [0, 0.1) is 0 Å². The van der Waals surface area contributed by atoms with Crippen molar-refractivity contribution in [1.29, 1.82) is 0 Å². The lowest BCUT2D eigenvalue weighted by Gasteiger charge is -2.19. The number of hydrogen-bond donors (Lipinski definition) is 0. The van der Waals surface area contributed by atoms with E-state index in [-0.39, 0.29) is 5.91 Å². The minimum absolute atomic E-state index is 0.0768. The molecule has 4 heteroatoms. The van der Waals surface area contributed by atoms with Crippen molar-refractivity contribution in [3.05, 3.63) is 35.3 Å². The molecule has 2 aromatic rings. The number of aromatic nitrogens is 1. The van der Waals surface area contributed by atoms with Gasteiger partial charge in [-0.15, -0.1) is 11.3 Å². The molecule has 1 aromatic carbocycles. The highest BCUT2D eigenvalue weighted by molar-refractivity contribution is 7.19. The van der Waals surface area contributed by atoms with Crippen molar-refractivity contribution in [1.82, 2.24) is 9.88 Å². The topological polar surface area (TPSA) is 33.2 Å². The summed E-state index contributed by atoms with van der Waals surface area (Å²) in [6.45, 7) is 5.81. The van der Waals surface area contributed by atoms with Crippen LogP contribution in [0.25, 0.3) is 16.3 Å². The van der Waals surface area contributed by atoms with E-state index in [1.807, 2.05) is 35.2 Å². The third-order valence-corrected chi connectivity index (χ3v) is 3.98. The molecule has 0 radical (unpaired) electrons. The SMILES string of the molecule is CCCN(CCC)C(=O)/C=C/c1nc2ccccc2s1. The van der Waals surface area contributed by atoms with Gasteiger partial charge in [0.1, 0.15) is 5.01 Å². The first kappa shape index (κ1) is 14.7. The zero-order valence-corrected chi connectivity index (χ0v) is 12.8. The predicted octanol–water partition coefficient (Wildman–Crippen LogP) is 3.96. The van der Waals surface area contributed by atoms with Gasteiger partial charge in [0.2, 0.25) is 5.91 Å². The van der Waals surface area contributed by atoms with Crippen LogP contribution < -0.4 is 0 Å². The lowest BCUT2D eigenvalue weighted by Crippen LogP contribution is -2.30. The molecule has 0 N–H and O–H groups in total. The van der Waals surface area contributed by atoms with Gasteiger partial charge < -0.3 is 4.90 Å². The molecule has 2 rings (SSSR count). The molecular formula is C16H20N2OS. The van der Waals surface area contributed by atoms with Crippen molar-refractivity contribution < 1.29 is 4.79 Å². The molecule has 106 valence electrons. The number of hydrogen-bond acceptors (Lipinski definition) is 3. The summed E-state index contributed by atoms with van der Waals surface area (Å²) in [5.74, 6) is 0.0768. The number of amides is 1. The van der Waals surface area contributed by atoms with Gasteiger partial charge in [0.05, 0.1) is 10.2 Å². The van der Waals surface area contributed by atoms with E-state index in [4.69, 9.17) is 0 Å². The molecule has 0 aliphatic carbocycles. The third kappa shape index (κ3) is 3.67. The third-order valence-electron chi connectivity index (χ3n) is 2.98. The minimum Gasteiger partial charge on any atom is -0.339 e. The van der Waals surface area contributed by atoms with Crippen LogP contribution in [0.3, 0.4) is 0 Å². The van der Waals surface area contributed by atoms with E-state index in [0.29, 0.717) is 0 Å². The molecule has 0 saturated heterocycles. The van der Waals surface area contributed by atoms with Crippen molar-refractivity contribution in [2.45, 2.75) is 26.7 Å². The van der Waals surface area contributed by atoms with Gasteiger partial charge in [0.15, 0.2) is 0 Å². The number of para-hydroxylation sites is 1. The highest BCUT2D eigenvalue weighted by Gasteiger charge is 2.08. The summed E-state index contributed by atoms with van der Waals surface area (Å²) in [6.07, 6.45) is 5.44. The number of benzene rings is 1. The fourth-order valence-corrected chi connectivity index (χ4v) is 2.95. The maximum Gasteiger partial charge on any atom is 0.246 e. The second kappa shape index (κ2) is 7.20. The molecule has 1 heterocycles. The Bertz CT molecular complexity index is 564. The molecule has 0 saturated carbocycles. The van der Waals surface area contributed by atoms with E-state index in [0.717, 1.165) is 41.2 Å². The maximum absolute atomic E-state index is 12.1. The quantitative estimate of drug-likeness (QED) is 0.754. The number of carbonyl (C=O) groups is 1. The number of fused-ring (bicyclic) bond motifs is 1. The van der Waals surface area contributed by atoms with Gasteiger partial charge in [-0.1, -0.05) is 26.0 Å². The lowest BCUT2D eigenvalue weighted by molar-refractivity contribution is -0.126. The molecule has 20 heavy (non-hydrogen) atoms. The van der Waals surface area contributed by atoms with E-state index in [1.165, 1.54) is 0 Å². The Morgan fingerprint density at radius 3 is 2.60 bits per heavy atom. The average molecular weight is 288 g/mol. The first-order valence-electron chi connectivity index (χ1n) is 7.07. The second-order valence-corrected chi connectivity index (χ2v) is 5.74. The fourth-order valence-electron chi connectivity index (χ4n) is 2.08. The molecule has 0 atom stereocenters. The van der Waals surface area contributed by atoms with Crippen LogP contribution in [0.15, 0.2) is 30.3 Å². The maximum atomic E-state index is 12.1. The van der Waals surface area contributed by atoms with Gasteiger partial charge >= 0.3 is 0 Å². The molecule has 0 aliphatic heterocycles. The Morgan fingerprint density at radius 1 is 1.25 bits per heavy atom. The predicted molar refractivity (Wildman–Crippen MR) is 85.8 cm³/mol. The van der Waals surface area contributed by atoms with Crippen molar-refractivity contribution >= 4 is 33.5 Å². The van der Waals surface area contributed by atoms with Crippen molar-refractivity contribution in [2.75, 3.05) is 13.1 Å². The molecule has 0 fully saturated rings. The molecule has 1 aromatic heterocycles. The second-order valence-electron chi connectivity index (χ2n) is 4.68. The first-order chi connectivity index (χ1) is 9.74. The molecular weight excluding hydrogens is 268 g/mol. The Hall–Kier alpha value is -1.68. The van der Waals surface area contributed by atoms with E-state index in [9.17, 15) is 4.79 Å². The fraction of sp³-hybridized carbons (Fsp3) is 0.375. The Morgan fingerprint density at radius 2 is 1.95 bits per heavy atom. The number of carbonyl (C=O) groups excluding carboxylic acids is 1. The van der Waals surface area contributed by atoms with Gasteiger partial charge in [0, 0.05) is 19.2 Å². The Kier molecular flexibility index (Phi) is 5.30. The summed E-state index contributed by atoms with van der Waals surface area (Å²) in [5, 5.41) is 0.882. The number of thiazole rings is 1. The van der Waals surface area contributed by atoms with Gasteiger partial charge in [-0.25, -0.2) is 4.98 Å². The Labute approximate surface area is 123 Å². The lowest BCUT2D eigenvalue weighted by atomic mass is 10.3. The smallest absolute Gasteiger partial charge is 0.246 e. The van der Waals surface area contributed by atoms with Crippen LogP contribution in [0.4, 0.5) is 0 Å². The molecule has 0 bridgehead atoms. The summed E-state index contributed by atoms with van der Waals surface area (Å²) in [7, 11) is 0. The summed E-state index contributed by atoms with van der Waals surface area (Å²) >= 11 is 1.61. The van der Waals surface area contributed by atoms with Crippen LogP contribution in [0.2, 0.25) is 0 Å². The highest BCUT2D eigenvalue weighted by Crippen LogP contribution is 2.22. The molecule has 0 unspecified atom stereocenters. The standard InChI is InChI=1S/C16H20N2OS/c1-3-11-18(12-4-2)16(19)10-9-15-17-13-7-5-6-8-14(13)20-15/h5-10H,3-4,11-12H2,1-2H3/b10-9+. The summed E-state index contributed by atoms with van der Waals surface area (Å²) in [5.41, 5.74) is 0.989. The number of nitrogens with zero attached hydrogens (tertiary/aromatic N) is 2. The van der Waals surface area contributed by atoms with Crippen molar-refractivity contribution in [2.24, 2.45) is 0 Å². The van der Waals surface area contributed by atoms with Crippen LogP contribution in [-0.4, -0.2) is 28.9 Å². The summed E-state index contributed by atoms with van der Waals surface area (Å²) < 4.78 is 1.15. The van der Waals surface area contributed by atoms with Crippen molar-refractivity contribution in [3.63, 3.8) is 0 Å². The highest BCUT2D eigenvalue weighted by atomic mass is 32.1. The van der Waals surface area contributed by atoms with E-state index < -0.39 is 0 Å². The Balaban J connectivity index is 2.08. The van der Waals surface area contributed by atoms with Crippen LogP contribution in [-0.2, 0) is 4.79 Å².